The zero-order valence-corrected chi connectivity index (χ0v) is 19.3. The Kier molecular flexibility index (Phi) is 7.75. The van der Waals surface area contributed by atoms with E-state index in [1.54, 1.807) is 23.8 Å². The molecule has 1 aliphatic rings. The first-order valence-electron chi connectivity index (χ1n) is 11.7. The third kappa shape index (κ3) is 5.72. The Morgan fingerprint density at radius 3 is 2.65 bits per heavy atom. The number of nitrogens with two attached hydrogens (primary N) is 1. The molecule has 0 spiro atoms. The van der Waals surface area contributed by atoms with Crippen molar-refractivity contribution in [1.82, 2.24) is 9.88 Å². The van der Waals surface area contributed by atoms with Crippen molar-refractivity contribution in [2.24, 2.45) is 11.7 Å². The lowest BCUT2D eigenvalue weighted by molar-refractivity contribution is 0.249. The van der Waals surface area contributed by atoms with E-state index in [1.807, 2.05) is 30.3 Å². The molecule has 0 aliphatic heterocycles. The molecule has 1 aromatic heterocycles. The fourth-order valence-electron chi connectivity index (χ4n) is 4.76. The van der Waals surface area contributed by atoms with Gasteiger partial charge in [0.15, 0.2) is 0 Å². The van der Waals surface area contributed by atoms with Crippen LogP contribution in [0.5, 0.6) is 5.75 Å². The number of methoxy groups -OCH3 is 1. The first-order valence-corrected chi connectivity index (χ1v) is 11.7. The Morgan fingerprint density at radius 2 is 1.88 bits per heavy atom. The number of aromatic nitrogens is 1. The minimum atomic E-state index is -0.450. The Bertz CT molecular complexity index is 1220. The molecule has 2 aromatic carbocycles. The number of rotatable bonds is 8. The van der Waals surface area contributed by atoms with E-state index >= 15 is 0 Å². The summed E-state index contributed by atoms with van der Waals surface area (Å²) in [5.41, 5.74) is 7.60. The quantitative estimate of drug-likeness (QED) is 0.513. The summed E-state index contributed by atoms with van der Waals surface area (Å²) in [5.74, 6) is 0.161. The molecule has 1 saturated carbocycles. The summed E-state index contributed by atoms with van der Waals surface area (Å²) < 4.78 is 34.1. The molecule has 3 aromatic rings. The first kappa shape index (κ1) is 24.1. The monoisotopic (exact) mass is 467 g/mol. The lowest BCUT2D eigenvalue weighted by Crippen LogP contribution is -2.42. The highest BCUT2D eigenvalue weighted by Crippen LogP contribution is 2.28. The second kappa shape index (κ2) is 10.9. The second-order valence-corrected chi connectivity index (χ2v) is 8.96. The Hall–Kier alpha value is -3.03. The number of benzene rings is 2. The molecule has 0 radical (unpaired) electrons. The predicted molar refractivity (Wildman–Crippen MR) is 132 cm³/mol. The van der Waals surface area contributed by atoms with E-state index in [0.29, 0.717) is 30.8 Å². The van der Waals surface area contributed by atoms with Crippen LogP contribution in [0.25, 0.3) is 17.0 Å². The molecule has 180 valence electrons. The Balaban J connectivity index is 1.31. The highest BCUT2D eigenvalue weighted by atomic mass is 19.1. The molecule has 34 heavy (non-hydrogen) atoms. The van der Waals surface area contributed by atoms with Gasteiger partial charge in [0, 0.05) is 42.9 Å². The molecule has 1 atom stereocenters. The second-order valence-electron chi connectivity index (χ2n) is 8.96. The van der Waals surface area contributed by atoms with Crippen molar-refractivity contribution >= 4 is 17.0 Å². The van der Waals surface area contributed by atoms with Gasteiger partial charge in [-0.05, 0) is 73.4 Å². The van der Waals surface area contributed by atoms with Crippen LogP contribution in [-0.2, 0) is 6.54 Å². The molecule has 1 unspecified atom stereocenters. The van der Waals surface area contributed by atoms with E-state index in [-0.39, 0.29) is 17.2 Å². The van der Waals surface area contributed by atoms with Crippen LogP contribution in [0.1, 0.15) is 31.2 Å². The number of nitrogens with one attached hydrogen (secondary N) is 1. The van der Waals surface area contributed by atoms with Gasteiger partial charge >= 0.3 is 0 Å². The van der Waals surface area contributed by atoms with Crippen LogP contribution in [0.3, 0.4) is 0 Å². The summed E-state index contributed by atoms with van der Waals surface area (Å²) in [6.45, 7) is 1.05. The fraction of sp³-hybridized carbons (Fsp3) is 0.370. The number of halogens is 2. The summed E-state index contributed by atoms with van der Waals surface area (Å²) in [6, 6.07) is 12.8. The minimum Gasteiger partial charge on any atom is -0.497 e. The van der Waals surface area contributed by atoms with Crippen molar-refractivity contribution in [1.29, 1.82) is 0 Å². The van der Waals surface area contributed by atoms with Gasteiger partial charge in [-0.15, -0.1) is 0 Å². The van der Waals surface area contributed by atoms with E-state index in [2.05, 4.69) is 5.32 Å². The highest BCUT2D eigenvalue weighted by Gasteiger charge is 2.26. The van der Waals surface area contributed by atoms with Crippen molar-refractivity contribution < 1.29 is 13.5 Å². The lowest BCUT2D eigenvalue weighted by Gasteiger charge is -2.33. The van der Waals surface area contributed by atoms with Crippen molar-refractivity contribution in [2.45, 2.75) is 44.3 Å². The molecule has 1 fully saturated rings. The first-order chi connectivity index (χ1) is 16.4. The number of pyridine rings is 1. The van der Waals surface area contributed by atoms with Crippen molar-refractivity contribution in [3.63, 3.8) is 0 Å². The molecule has 0 amide bonds. The van der Waals surface area contributed by atoms with E-state index in [1.165, 1.54) is 6.07 Å². The molecule has 0 bridgehead atoms. The maximum absolute atomic E-state index is 13.7. The van der Waals surface area contributed by atoms with Gasteiger partial charge in [-0.2, -0.15) is 0 Å². The zero-order valence-electron chi connectivity index (χ0n) is 19.3. The van der Waals surface area contributed by atoms with E-state index < -0.39 is 11.6 Å². The average molecular weight is 468 g/mol. The Morgan fingerprint density at radius 1 is 1.12 bits per heavy atom. The standard InChI is InChI=1S/C27H31F2N3O2/c1-34-23-11-6-19-7-13-27(33)32(26(19)16-23)17-25(30)18-4-9-22(10-5-18)31-14-2-3-20-15-21(28)8-12-24(20)29/h2-3,6-8,11-13,15-16,18,22,25,31H,4-5,9-10,14,17,30H2,1H3. The molecule has 1 aliphatic carbocycles. The predicted octanol–water partition coefficient (Wildman–Crippen LogP) is 4.48. The summed E-state index contributed by atoms with van der Waals surface area (Å²) >= 11 is 0. The molecule has 0 saturated heterocycles. The van der Waals surface area contributed by atoms with Gasteiger partial charge in [-0.25, -0.2) is 8.78 Å². The number of fused-ring (bicyclic) bond motifs is 1. The number of ether oxygens (including phenoxy) is 1. The van der Waals surface area contributed by atoms with Crippen LogP contribution in [0, 0.1) is 17.6 Å². The smallest absolute Gasteiger partial charge is 0.251 e. The van der Waals surface area contributed by atoms with Gasteiger partial charge in [-0.1, -0.05) is 12.2 Å². The van der Waals surface area contributed by atoms with Crippen LogP contribution in [-0.4, -0.2) is 30.3 Å². The minimum absolute atomic E-state index is 0.0620. The van der Waals surface area contributed by atoms with Crippen LogP contribution >= 0.6 is 0 Å². The number of hydrogen-bond acceptors (Lipinski definition) is 4. The topological polar surface area (TPSA) is 69.3 Å². The molecule has 4 rings (SSSR count). The van der Waals surface area contributed by atoms with Gasteiger partial charge in [0.1, 0.15) is 17.4 Å². The van der Waals surface area contributed by atoms with Gasteiger partial charge < -0.3 is 20.4 Å². The summed E-state index contributed by atoms with van der Waals surface area (Å²) in [6.07, 6.45) is 7.34. The number of nitrogens with zero attached hydrogens (tertiary/aromatic N) is 1. The van der Waals surface area contributed by atoms with Crippen LogP contribution in [0.2, 0.25) is 0 Å². The molecule has 5 nitrogen and oxygen atoms in total. The van der Waals surface area contributed by atoms with Gasteiger partial charge in [0.05, 0.1) is 12.6 Å². The van der Waals surface area contributed by atoms with E-state index in [9.17, 15) is 13.6 Å². The molecule has 7 heteroatoms. The summed E-state index contributed by atoms with van der Waals surface area (Å²) in [4.78, 5) is 12.6. The molecule has 3 N–H and O–H groups in total. The average Bonchev–Trinajstić information content (AvgIpc) is 2.85. The third-order valence-corrected chi connectivity index (χ3v) is 6.75. The Labute approximate surface area is 198 Å². The van der Waals surface area contributed by atoms with Gasteiger partial charge in [0.25, 0.3) is 5.56 Å². The maximum Gasteiger partial charge on any atom is 0.251 e. The van der Waals surface area contributed by atoms with E-state index in [0.717, 1.165) is 48.7 Å². The maximum atomic E-state index is 13.7. The largest absolute Gasteiger partial charge is 0.497 e. The normalized spacial score (nSPS) is 19.5. The van der Waals surface area contributed by atoms with E-state index in [4.69, 9.17) is 10.5 Å². The number of hydrogen-bond donors (Lipinski definition) is 2. The van der Waals surface area contributed by atoms with Crippen LogP contribution in [0.15, 0.2) is 59.4 Å². The van der Waals surface area contributed by atoms with Gasteiger partial charge in [-0.3, -0.25) is 4.79 Å². The summed E-state index contributed by atoms with van der Waals surface area (Å²) in [7, 11) is 1.61. The van der Waals surface area contributed by atoms with Gasteiger partial charge in [0.2, 0.25) is 0 Å². The van der Waals surface area contributed by atoms with Crippen molar-refractivity contribution in [2.75, 3.05) is 13.7 Å². The highest BCUT2D eigenvalue weighted by molar-refractivity contribution is 5.80. The van der Waals surface area contributed by atoms with Crippen LogP contribution < -0.4 is 21.3 Å². The zero-order chi connectivity index (χ0) is 24.1. The van der Waals surface area contributed by atoms with Crippen molar-refractivity contribution in [3.05, 3.63) is 82.2 Å². The molecule has 1 heterocycles. The third-order valence-electron chi connectivity index (χ3n) is 6.75. The van der Waals surface area contributed by atoms with Crippen molar-refractivity contribution in [3.8, 4) is 5.75 Å². The fourth-order valence-corrected chi connectivity index (χ4v) is 4.76. The SMILES string of the molecule is COc1ccc2ccc(=O)n(CC(N)C3CCC(NCC=Cc4cc(F)ccc4F)CC3)c2c1. The summed E-state index contributed by atoms with van der Waals surface area (Å²) in [5, 5.41) is 4.45. The van der Waals surface area contributed by atoms with Crippen LogP contribution in [0.4, 0.5) is 8.78 Å². The molecular formula is C27H31F2N3O2. The lowest BCUT2D eigenvalue weighted by atomic mass is 9.81. The molecular weight excluding hydrogens is 436 g/mol.